The molecule has 210 valence electrons. The van der Waals surface area contributed by atoms with E-state index in [9.17, 15) is 52.7 Å². The van der Waals surface area contributed by atoms with Crippen LogP contribution in [0.4, 0.5) is 52.7 Å². The first-order valence-electron chi connectivity index (χ1n) is 11.0. The molecule has 0 saturated carbocycles. The molecule has 0 bridgehead atoms. The van der Waals surface area contributed by atoms with Crippen LogP contribution in [0.5, 0.6) is 0 Å². The van der Waals surface area contributed by atoms with Gasteiger partial charge in [-0.15, -0.1) is 0 Å². The number of alkyl halides is 12. The molecule has 0 spiro atoms. The number of aromatic nitrogens is 1. The third kappa shape index (κ3) is 5.63. The van der Waals surface area contributed by atoms with Gasteiger partial charge in [-0.2, -0.15) is 52.7 Å². The molecule has 0 fully saturated rings. The zero-order valence-electron chi connectivity index (χ0n) is 19.5. The van der Waals surface area contributed by atoms with E-state index in [0.29, 0.717) is 24.3 Å². The molecule has 1 nitrogen and oxygen atoms in total. The lowest BCUT2D eigenvalue weighted by Gasteiger charge is -2.24. The van der Waals surface area contributed by atoms with Crippen molar-refractivity contribution >= 4 is 0 Å². The predicted molar refractivity (Wildman–Crippen MR) is 121 cm³/mol. The van der Waals surface area contributed by atoms with Gasteiger partial charge in [0, 0.05) is 11.1 Å². The molecule has 0 aliphatic heterocycles. The molecule has 0 amide bonds. The normalized spacial score (nSPS) is 13.0. The second kappa shape index (κ2) is 9.86. The van der Waals surface area contributed by atoms with E-state index in [-0.39, 0.29) is 6.07 Å². The number of benzene rings is 3. The van der Waals surface area contributed by atoms with Crippen molar-refractivity contribution in [3.05, 3.63) is 101 Å². The third-order valence-electron chi connectivity index (χ3n) is 5.82. The molecule has 4 aromatic rings. The van der Waals surface area contributed by atoms with Crippen molar-refractivity contribution in [2.75, 3.05) is 0 Å². The molecular weight excluding hydrogens is 566 g/mol. The Labute approximate surface area is 217 Å². The molecule has 1 aromatic heterocycles. The maximum Gasteiger partial charge on any atom is 0.433 e. The summed E-state index contributed by atoms with van der Waals surface area (Å²) in [5.41, 5.74) is -12.8. The summed E-state index contributed by atoms with van der Waals surface area (Å²) >= 11 is 0. The van der Waals surface area contributed by atoms with Crippen molar-refractivity contribution in [1.82, 2.24) is 4.98 Å². The summed E-state index contributed by atoms with van der Waals surface area (Å²) in [5, 5.41) is 0. The van der Waals surface area contributed by atoms with Crippen molar-refractivity contribution in [3.8, 4) is 33.5 Å². The fourth-order valence-corrected chi connectivity index (χ4v) is 4.22. The Morgan fingerprint density at radius 2 is 0.775 bits per heavy atom. The van der Waals surface area contributed by atoms with Crippen molar-refractivity contribution in [2.45, 2.75) is 24.7 Å². The lowest BCUT2D eigenvalue weighted by Crippen LogP contribution is -2.15. The van der Waals surface area contributed by atoms with E-state index in [4.69, 9.17) is 0 Å². The number of hydrogen-bond donors (Lipinski definition) is 0. The molecule has 0 unspecified atom stereocenters. The maximum absolute atomic E-state index is 14.0. The lowest BCUT2D eigenvalue weighted by atomic mass is 9.85. The third-order valence-corrected chi connectivity index (χ3v) is 5.82. The van der Waals surface area contributed by atoms with Gasteiger partial charge in [0.05, 0.1) is 22.4 Å². The molecule has 0 atom stereocenters. The van der Waals surface area contributed by atoms with Crippen LogP contribution in [0.3, 0.4) is 0 Å². The zero-order chi connectivity index (χ0) is 29.7. The molecule has 3 aromatic carbocycles. The monoisotopic (exact) mass is 579 g/mol. The van der Waals surface area contributed by atoms with Gasteiger partial charge in [0.1, 0.15) is 5.69 Å². The minimum absolute atomic E-state index is 0.104. The topological polar surface area (TPSA) is 12.9 Å². The highest BCUT2D eigenvalue weighted by Crippen LogP contribution is 2.50. The molecule has 0 N–H and O–H groups in total. The van der Waals surface area contributed by atoms with Crippen LogP contribution in [-0.4, -0.2) is 4.98 Å². The first kappa shape index (κ1) is 29.0. The van der Waals surface area contributed by atoms with Gasteiger partial charge in [0.25, 0.3) is 0 Å². The molecule has 0 aliphatic rings. The molecule has 1 heterocycles. The van der Waals surface area contributed by atoms with Gasteiger partial charge >= 0.3 is 24.7 Å². The van der Waals surface area contributed by atoms with Crippen molar-refractivity contribution in [1.29, 1.82) is 0 Å². The van der Waals surface area contributed by atoms with Crippen LogP contribution < -0.4 is 0 Å². The molecule has 0 radical (unpaired) electrons. The minimum Gasteiger partial charge on any atom is -0.243 e. The first-order chi connectivity index (χ1) is 18.4. The number of pyridine rings is 1. The Morgan fingerprint density at radius 1 is 0.400 bits per heavy atom. The Balaban J connectivity index is 2.31. The van der Waals surface area contributed by atoms with E-state index in [1.807, 2.05) is 0 Å². The zero-order valence-corrected chi connectivity index (χ0v) is 19.5. The molecule has 40 heavy (non-hydrogen) atoms. The second-order valence-electron chi connectivity index (χ2n) is 8.41. The standard InChI is InChI=1S/C27H13F12N/c28-24(29,30)18-10-4-1-7-14(18)17-13-21(27(37,38)39)40-23(16-9-3-6-12-20(16)26(34,35)36)22(17)15-8-2-5-11-19(15)25(31,32)33/h1-13H. The summed E-state index contributed by atoms with van der Waals surface area (Å²) in [5.74, 6) is 0. The van der Waals surface area contributed by atoms with Gasteiger partial charge in [-0.25, -0.2) is 4.98 Å². The first-order valence-corrected chi connectivity index (χ1v) is 11.0. The highest BCUT2D eigenvalue weighted by molar-refractivity contribution is 5.95. The summed E-state index contributed by atoms with van der Waals surface area (Å²) < 4.78 is 168. The van der Waals surface area contributed by atoms with E-state index in [1.54, 1.807) is 0 Å². The quantitative estimate of drug-likeness (QED) is 0.220. The average Bonchev–Trinajstić information content (AvgIpc) is 2.86. The Morgan fingerprint density at radius 3 is 1.23 bits per heavy atom. The van der Waals surface area contributed by atoms with Gasteiger partial charge in [-0.3, -0.25) is 0 Å². The van der Waals surface area contributed by atoms with Gasteiger partial charge in [0.2, 0.25) is 0 Å². The van der Waals surface area contributed by atoms with E-state index < -0.39 is 80.6 Å². The van der Waals surface area contributed by atoms with Crippen LogP contribution in [0.25, 0.3) is 33.5 Å². The lowest BCUT2D eigenvalue weighted by molar-refractivity contribution is -0.141. The fourth-order valence-electron chi connectivity index (χ4n) is 4.22. The van der Waals surface area contributed by atoms with Crippen molar-refractivity contribution in [2.24, 2.45) is 0 Å². The molecule has 0 aliphatic carbocycles. The Hall–Kier alpha value is -4.03. The minimum atomic E-state index is -5.40. The Bertz CT molecular complexity index is 1460. The number of hydrogen-bond acceptors (Lipinski definition) is 1. The largest absolute Gasteiger partial charge is 0.433 e. The maximum atomic E-state index is 14.0. The van der Waals surface area contributed by atoms with E-state index in [0.717, 1.165) is 48.5 Å². The fraction of sp³-hybridized carbons (Fsp3) is 0.148. The molecule has 0 saturated heterocycles. The summed E-state index contributed by atoms with van der Waals surface area (Å²) in [6.45, 7) is 0. The van der Waals surface area contributed by atoms with Crippen molar-refractivity contribution < 1.29 is 52.7 Å². The number of nitrogens with zero attached hydrogens (tertiary/aromatic N) is 1. The van der Waals surface area contributed by atoms with Crippen LogP contribution in [0.2, 0.25) is 0 Å². The summed E-state index contributed by atoms with van der Waals surface area (Å²) in [6, 6.07) is 9.43. The van der Waals surface area contributed by atoms with Crippen LogP contribution >= 0.6 is 0 Å². The SMILES string of the molecule is FC(F)(F)c1cc(-c2ccccc2C(F)(F)F)c(-c2ccccc2C(F)(F)F)c(-c2ccccc2C(F)(F)F)n1. The molecule has 4 rings (SSSR count). The van der Waals surface area contributed by atoms with Crippen LogP contribution in [0.1, 0.15) is 22.4 Å². The highest BCUT2D eigenvalue weighted by Gasteiger charge is 2.41. The van der Waals surface area contributed by atoms with Gasteiger partial charge in [-0.1, -0.05) is 54.6 Å². The predicted octanol–water partition coefficient (Wildman–Crippen LogP) is 10.2. The average molecular weight is 579 g/mol. The smallest absolute Gasteiger partial charge is 0.243 e. The van der Waals surface area contributed by atoms with E-state index in [2.05, 4.69) is 4.98 Å². The second-order valence-corrected chi connectivity index (χ2v) is 8.41. The van der Waals surface area contributed by atoms with Crippen molar-refractivity contribution in [3.63, 3.8) is 0 Å². The summed E-state index contributed by atoms with van der Waals surface area (Å²) in [4.78, 5) is 3.29. The molecule has 13 heteroatoms. The summed E-state index contributed by atoms with van der Waals surface area (Å²) in [7, 11) is 0. The van der Waals surface area contributed by atoms with Gasteiger partial charge in [0.15, 0.2) is 0 Å². The van der Waals surface area contributed by atoms with E-state index >= 15 is 0 Å². The van der Waals surface area contributed by atoms with Crippen LogP contribution in [0.15, 0.2) is 78.9 Å². The Kier molecular flexibility index (Phi) is 7.14. The number of halogens is 12. The van der Waals surface area contributed by atoms with Gasteiger partial charge in [-0.05, 0) is 41.0 Å². The molecular formula is C27H13F12N. The van der Waals surface area contributed by atoms with E-state index in [1.165, 1.54) is 0 Å². The van der Waals surface area contributed by atoms with Crippen LogP contribution in [-0.2, 0) is 24.7 Å². The highest BCUT2D eigenvalue weighted by atomic mass is 19.4. The number of rotatable bonds is 3. The van der Waals surface area contributed by atoms with Gasteiger partial charge < -0.3 is 0 Å². The summed E-state index contributed by atoms with van der Waals surface area (Å²) in [6.07, 6.45) is -21.0. The van der Waals surface area contributed by atoms with Crippen LogP contribution in [0, 0.1) is 0 Å².